The Balaban J connectivity index is 3.05. The molecule has 0 aliphatic rings. The Morgan fingerprint density at radius 2 is 1.94 bits per heavy atom. The summed E-state index contributed by atoms with van der Waals surface area (Å²) >= 11 is 0. The zero-order chi connectivity index (χ0) is 12.9. The lowest BCUT2D eigenvalue weighted by Gasteiger charge is -2.10. The van der Waals surface area contributed by atoms with E-state index in [1.165, 1.54) is 0 Å². The van der Waals surface area contributed by atoms with Crippen LogP contribution in [0.5, 0.6) is 0 Å². The largest absolute Gasteiger partial charge is 0.244 e. The summed E-state index contributed by atoms with van der Waals surface area (Å²) in [6.07, 6.45) is 2.15. The van der Waals surface area contributed by atoms with Crippen molar-refractivity contribution in [3.63, 3.8) is 0 Å². The third kappa shape index (κ3) is 4.00. The van der Waals surface area contributed by atoms with Crippen molar-refractivity contribution in [2.75, 3.05) is 12.8 Å². The fourth-order valence-electron chi connectivity index (χ4n) is 1.81. The summed E-state index contributed by atoms with van der Waals surface area (Å²) in [5.74, 6) is 0.998. The molecule has 0 unspecified atom stereocenters. The van der Waals surface area contributed by atoms with Gasteiger partial charge in [-0.3, -0.25) is 0 Å². The van der Waals surface area contributed by atoms with Crippen LogP contribution >= 0.6 is 0 Å². The molecule has 0 saturated heterocycles. The van der Waals surface area contributed by atoms with Gasteiger partial charge in [0.05, 0.1) is 15.5 Å². The predicted octanol–water partition coefficient (Wildman–Crippen LogP) is 3.75. The third-order valence-corrected chi connectivity index (χ3v) is 4.89. The molecule has 94 valence electrons. The first-order chi connectivity index (χ1) is 7.98. The average Bonchev–Trinajstić information content (AvgIpc) is 2.29. The quantitative estimate of drug-likeness (QED) is 0.749. The number of nitrogens with zero attached hydrogens (tertiary/aromatic N) is 1. The van der Waals surface area contributed by atoms with Crippen molar-refractivity contribution < 1.29 is 4.21 Å². The standard InChI is InChI=1S/C14H21NOS/c1-12(2)10-13(3)11-17(16,15-4)14-8-6-5-7-9-14/h5-10,12H,11H2,1-4H3/b13-10+/t17-/m0/s1. The number of allylic oxidation sites excluding steroid dienone is 1. The summed E-state index contributed by atoms with van der Waals surface area (Å²) < 4.78 is 16.9. The van der Waals surface area contributed by atoms with Gasteiger partial charge in [0, 0.05) is 11.9 Å². The summed E-state index contributed by atoms with van der Waals surface area (Å²) in [4.78, 5) is 0.819. The van der Waals surface area contributed by atoms with E-state index < -0.39 is 9.73 Å². The van der Waals surface area contributed by atoms with E-state index in [-0.39, 0.29) is 0 Å². The predicted molar refractivity (Wildman–Crippen MR) is 74.7 cm³/mol. The van der Waals surface area contributed by atoms with E-state index in [4.69, 9.17) is 0 Å². The van der Waals surface area contributed by atoms with E-state index in [1.807, 2.05) is 37.3 Å². The fraction of sp³-hybridized carbons (Fsp3) is 0.429. The molecule has 2 nitrogen and oxygen atoms in total. The minimum atomic E-state index is -2.29. The van der Waals surface area contributed by atoms with Gasteiger partial charge in [-0.15, -0.1) is 0 Å². The lowest BCUT2D eigenvalue weighted by Crippen LogP contribution is -2.08. The van der Waals surface area contributed by atoms with Crippen LogP contribution in [0, 0.1) is 5.92 Å². The van der Waals surface area contributed by atoms with Crippen LogP contribution in [0.2, 0.25) is 0 Å². The molecule has 3 heteroatoms. The van der Waals surface area contributed by atoms with Crippen LogP contribution in [0.1, 0.15) is 20.8 Å². The molecule has 0 aromatic heterocycles. The van der Waals surface area contributed by atoms with Gasteiger partial charge in [-0.1, -0.05) is 43.7 Å². The molecule has 0 aliphatic heterocycles. The van der Waals surface area contributed by atoms with Gasteiger partial charge in [0.1, 0.15) is 0 Å². The van der Waals surface area contributed by atoms with Crippen LogP contribution in [0.15, 0.2) is 51.2 Å². The number of rotatable bonds is 4. The van der Waals surface area contributed by atoms with Crippen molar-refractivity contribution >= 4 is 9.73 Å². The number of hydrogen-bond donors (Lipinski definition) is 0. The van der Waals surface area contributed by atoms with E-state index in [9.17, 15) is 4.21 Å². The van der Waals surface area contributed by atoms with E-state index >= 15 is 0 Å². The summed E-state index contributed by atoms with van der Waals surface area (Å²) in [5, 5.41) is 0. The van der Waals surface area contributed by atoms with Crippen LogP contribution in [0.25, 0.3) is 0 Å². The molecule has 0 amide bonds. The fourth-order valence-corrected chi connectivity index (χ4v) is 3.61. The lowest BCUT2D eigenvalue weighted by atomic mass is 10.1. The van der Waals surface area contributed by atoms with Crippen LogP contribution in [0.3, 0.4) is 0 Å². The Bertz CT molecular complexity index is 494. The molecule has 0 heterocycles. The Morgan fingerprint density at radius 3 is 2.41 bits per heavy atom. The average molecular weight is 251 g/mol. The first-order valence-corrected chi connectivity index (χ1v) is 7.51. The highest BCUT2D eigenvalue weighted by Crippen LogP contribution is 2.17. The minimum absolute atomic E-state index is 0.478. The molecule has 17 heavy (non-hydrogen) atoms. The van der Waals surface area contributed by atoms with Crippen LogP contribution in [0.4, 0.5) is 0 Å². The Hall–Kier alpha value is -1.09. The van der Waals surface area contributed by atoms with E-state index in [0.29, 0.717) is 11.7 Å². The molecule has 0 N–H and O–H groups in total. The maximum atomic E-state index is 12.7. The van der Waals surface area contributed by atoms with E-state index in [0.717, 1.165) is 10.5 Å². The van der Waals surface area contributed by atoms with Gasteiger partial charge in [0.2, 0.25) is 0 Å². The molecular formula is C14H21NOS. The van der Waals surface area contributed by atoms with Crippen molar-refractivity contribution in [3.05, 3.63) is 42.0 Å². The first kappa shape index (κ1) is 14.0. The molecule has 1 aromatic rings. The van der Waals surface area contributed by atoms with E-state index in [2.05, 4.69) is 24.3 Å². The van der Waals surface area contributed by atoms with Crippen molar-refractivity contribution in [3.8, 4) is 0 Å². The van der Waals surface area contributed by atoms with Gasteiger partial charge in [0.15, 0.2) is 0 Å². The van der Waals surface area contributed by atoms with Gasteiger partial charge in [-0.2, -0.15) is 0 Å². The normalized spacial score (nSPS) is 15.7. The van der Waals surface area contributed by atoms with Crippen molar-refractivity contribution in [1.82, 2.24) is 0 Å². The van der Waals surface area contributed by atoms with Crippen LogP contribution in [-0.4, -0.2) is 17.0 Å². The maximum Gasteiger partial charge on any atom is 0.0788 e. The monoisotopic (exact) mass is 251 g/mol. The second kappa shape index (κ2) is 6.01. The number of benzene rings is 1. The first-order valence-electron chi connectivity index (χ1n) is 5.83. The van der Waals surface area contributed by atoms with E-state index in [1.54, 1.807) is 7.05 Å². The minimum Gasteiger partial charge on any atom is -0.244 e. The van der Waals surface area contributed by atoms with Gasteiger partial charge >= 0.3 is 0 Å². The second-order valence-corrected chi connectivity index (χ2v) is 6.94. The molecule has 0 radical (unpaired) electrons. The van der Waals surface area contributed by atoms with Crippen molar-refractivity contribution in [2.24, 2.45) is 10.3 Å². The van der Waals surface area contributed by atoms with Crippen LogP contribution < -0.4 is 0 Å². The molecule has 0 saturated carbocycles. The Kier molecular flexibility index (Phi) is 4.94. The Morgan fingerprint density at radius 1 is 1.35 bits per heavy atom. The highest BCUT2D eigenvalue weighted by Gasteiger charge is 2.11. The lowest BCUT2D eigenvalue weighted by molar-refractivity contribution is 0.677. The number of hydrogen-bond acceptors (Lipinski definition) is 2. The molecule has 1 atom stereocenters. The zero-order valence-electron chi connectivity index (χ0n) is 11.0. The summed E-state index contributed by atoms with van der Waals surface area (Å²) in [7, 11) is -0.657. The molecule has 1 aromatic carbocycles. The smallest absolute Gasteiger partial charge is 0.0788 e. The highest BCUT2D eigenvalue weighted by atomic mass is 32.2. The topological polar surface area (TPSA) is 29.4 Å². The third-order valence-electron chi connectivity index (χ3n) is 2.45. The van der Waals surface area contributed by atoms with Gasteiger partial charge in [-0.05, 0) is 25.0 Å². The van der Waals surface area contributed by atoms with Crippen molar-refractivity contribution in [1.29, 1.82) is 0 Å². The van der Waals surface area contributed by atoms with Crippen LogP contribution in [-0.2, 0) is 9.73 Å². The van der Waals surface area contributed by atoms with Gasteiger partial charge in [-0.25, -0.2) is 8.57 Å². The summed E-state index contributed by atoms with van der Waals surface area (Å²) in [5.41, 5.74) is 1.14. The molecule has 0 aliphatic carbocycles. The highest BCUT2D eigenvalue weighted by molar-refractivity contribution is 7.93. The molecule has 1 rings (SSSR count). The summed E-state index contributed by atoms with van der Waals surface area (Å²) in [6.45, 7) is 6.27. The Labute approximate surface area is 105 Å². The van der Waals surface area contributed by atoms with Crippen molar-refractivity contribution in [2.45, 2.75) is 25.7 Å². The molecule has 0 bridgehead atoms. The maximum absolute atomic E-state index is 12.7. The molecular weight excluding hydrogens is 230 g/mol. The second-order valence-electron chi connectivity index (χ2n) is 4.54. The van der Waals surface area contributed by atoms with Gasteiger partial charge < -0.3 is 0 Å². The SMILES string of the molecule is CN=[S@](=O)(C/C(C)=C/C(C)C)c1ccccc1. The summed E-state index contributed by atoms with van der Waals surface area (Å²) in [6, 6.07) is 9.51. The molecule has 0 fully saturated rings. The van der Waals surface area contributed by atoms with Gasteiger partial charge in [0.25, 0.3) is 0 Å². The zero-order valence-corrected chi connectivity index (χ0v) is 11.8. The molecule has 0 spiro atoms.